The maximum atomic E-state index is 4.72. The van der Waals surface area contributed by atoms with E-state index in [2.05, 4.69) is 42.3 Å². The highest BCUT2D eigenvalue weighted by Gasteiger charge is 2.08. The predicted octanol–water partition coefficient (Wildman–Crippen LogP) is 3.96. The Balaban J connectivity index is 2.33. The van der Waals surface area contributed by atoms with Gasteiger partial charge in [-0.25, -0.2) is 4.98 Å². The average Bonchev–Trinajstić information content (AvgIpc) is 2.69. The van der Waals surface area contributed by atoms with Crippen molar-refractivity contribution in [1.29, 1.82) is 0 Å². The molecule has 1 aromatic heterocycles. The quantitative estimate of drug-likeness (QED) is 0.540. The molecular formula is C15H20N2. The summed E-state index contributed by atoms with van der Waals surface area (Å²) in [5.74, 6) is 1.22. The number of fused-ring (bicyclic) bond motifs is 1. The van der Waals surface area contributed by atoms with Gasteiger partial charge in [-0.2, -0.15) is 0 Å². The van der Waals surface area contributed by atoms with Crippen molar-refractivity contribution in [3.05, 3.63) is 42.7 Å². The molecule has 0 aliphatic heterocycles. The van der Waals surface area contributed by atoms with Gasteiger partial charge < -0.3 is 4.57 Å². The van der Waals surface area contributed by atoms with Gasteiger partial charge in [0.2, 0.25) is 0 Å². The van der Waals surface area contributed by atoms with E-state index in [1.807, 2.05) is 6.08 Å². The summed E-state index contributed by atoms with van der Waals surface area (Å²) in [7, 11) is 0. The summed E-state index contributed by atoms with van der Waals surface area (Å²) >= 11 is 0. The van der Waals surface area contributed by atoms with E-state index >= 15 is 0 Å². The van der Waals surface area contributed by atoms with Gasteiger partial charge in [0, 0.05) is 13.0 Å². The second-order valence-corrected chi connectivity index (χ2v) is 4.35. The minimum Gasteiger partial charge on any atom is -0.328 e. The number of para-hydroxylation sites is 2. The highest BCUT2D eigenvalue weighted by atomic mass is 15.1. The molecule has 0 unspecified atom stereocenters. The van der Waals surface area contributed by atoms with Crippen LogP contribution in [0, 0.1) is 0 Å². The maximum absolute atomic E-state index is 4.72. The Morgan fingerprint density at radius 1 is 1.35 bits per heavy atom. The lowest BCUT2D eigenvalue weighted by Crippen LogP contribution is -2.03. The molecule has 2 rings (SSSR count). The number of unbranched alkanes of at least 4 members (excludes halogenated alkanes) is 1. The van der Waals surface area contributed by atoms with Crippen LogP contribution in [0.5, 0.6) is 0 Å². The van der Waals surface area contributed by atoms with Gasteiger partial charge in [-0.3, -0.25) is 0 Å². The van der Waals surface area contributed by atoms with Crippen LogP contribution in [0.25, 0.3) is 11.0 Å². The van der Waals surface area contributed by atoms with Gasteiger partial charge in [0.25, 0.3) is 0 Å². The monoisotopic (exact) mass is 228 g/mol. The first-order valence-corrected chi connectivity index (χ1v) is 6.42. The van der Waals surface area contributed by atoms with Crippen LogP contribution < -0.4 is 0 Å². The fourth-order valence-electron chi connectivity index (χ4n) is 2.18. The van der Waals surface area contributed by atoms with Crippen molar-refractivity contribution in [2.75, 3.05) is 0 Å². The molecule has 2 nitrogen and oxygen atoms in total. The number of allylic oxidation sites excluding steroid dienone is 1. The molecule has 17 heavy (non-hydrogen) atoms. The normalized spacial score (nSPS) is 10.9. The first-order chi connectivity index (χ1) is 8.36. The van der Waals surface area contributed by atoms with Crippen molar-refractivity contribution in [3.63, 3.8) is 0 Å². The summed E-state index contributed by atoms with van der Waals surface area (Å²) in [5.41, 5.74) is 2.38. The zero-order chi connectivity index (χ0) is 12.1. The van der Waals surface area contributed by atoms with E-state index in [1.54, 1.807) is 0 Å². The minimum atomic E-state index is 1.04. The lowest BCUT2D eigenvalue weighted by Gasteiger charge is -2.07. The Labute approximate surface area is 103 Å². The molecular weight excluding hydrogens is 208 g/mol. The third-order valence-electron chi connectivity index (χ3n) is 3.00. The van der Waals surface area contributed by atoms with Gasteiger partial charge in [-0.1, -0.05) is 25.1 Å². The third-order valence-corrected chi connectivity index (χ3v) is 3.00. The molecule has 0 amide bonds. The molecule has 90 valence electrons. The van der Waals surface area contributed by atoms with Crippen molar-refractivity contribution in [1.82, 2.24) is 9.55 Å². The average molecular weight is 228 g/mol. The van der Waals surface area contributed by atoms with Crippen LogP contribution in [0.3, 0.4) is 0 Å². The number of hydrogen-bond donors (Lipinski definition) is 0. The van der Waals surface area contributed by atoms with Gasteiger partial charge >= 0.3 is 0 Å². The summed E-state index contributed by atoms with van der Waals surface area (Å²) in [4.78, 5) is 4.72. The molecule has 1 heterocycles. The lowest BCUT2D eigenvalue weighted by atomic mass is 10.2. The molecule has 0 atom stereocenters. The van der Waals surface area contributed by atoms with Crippen molar-refractivity contribution in [3.8, 4) is 0 Å². The molecule has 0 saturated heterocycles. The topological polar surface area (TPSA) is 17.8 Å². The molecule has 0 aliphatic carbocycles. The van der Waals surface area contributed by atoms with Crippen LogP contribution in [-0.2, 0) is 13.0 Å². The molecule has 0 bridgehead atoms. The van der Waals surface area contributed by atoms with Crippen LogP contribution in [0.1, 0.15) is 32.0 Å². The Hall–Kier alpha value is -1.57. The minimum absolute atomic E-state index is 1.04. The van der Waals surface area contributed by atoms with Crippen LogP contribution in [-0.4, -0.2) is 9.55 Å². The molecule has 2 aromatic rings. The Morgan fingerprint density at radius 2 is 2.18 bits per heavy atom. The van der Waals surface area contributed by atoms with Gasteiger partial charge in [-0.05, 0) is 31.4 Å². The van der Waals surface area contributed by atoms with Gasteiger partial charge in [0.15, 0.2) is 0 Å². The standard InChI is InChI=1S/C15H20N2/c1-3-5-8-12-17-14-11-7-6-10-13(14)16-15(17)9-4-2/h3,6-7,10-11H,1,4-5,8-9,12H2,2H3. The molecule has 0 radical (unpaired) electrons. The fourth-order valence-corrected chi connectivity index (χ4v) is 2.18. The molecule has 0 aliphatic rings. The van der Waals surface area contributed by atoms with E-state index in [4.69, 9.17) is 4.98 Å². The van der Waals surface area contributed by atoms with Crippen LogP contribution in [0.4, 0.5) is 0 Å². The number of nitrogens with zero attached hydrogens (tertiary/aromatic N) is 2. The van der Waals surface area contributed by atoms with Crippen molar-refractivity contribution in [2.24, 2.45) is 0 Å². The fraction of sp³-hybridized carbons (Fsp3) is 0.400. The number of aryl methyl sites for hydroxylation is 2. The molecule has 1 aromatic carbocycles. The van der Waals surface area contributed by atoms with Crippen molar-refractivity contribution < 1.29 is 0 Å². The lowest BCUT2D eigenvalue weighted by molar-refractivity contribution is 0.625. The van der Waals surface area contributed by atoms with Gasteiger partial charge in [0.05, 0.1) is 11.0 Å². The van der Waals surface area contributed by atoms with E-state index in [0.717, 1.165) is 37.7 Å². The van der Waals surface area contributed by atoms with E-state index in [1.165, 1.54) is 11.3 Å². The molecule has 0 N–H and O–H groups in total. The van der Waals surface area contributed by atoms with E-state index in [0.29, 0.717) is 0 Å². The zero-order valence-electron chi connectivity index (χ0n) is 10.5. The van der Waals surface area contributed by atoms with E-state index < -0.39 is 0 Å². The van der Waals surface area contributed by atoms with E-state index in [9.17, 15) is 0 Å². The smallest absolute Gasteiger partial charge is 0.109 e. The molecule has 0 spiro atoms. The molecule has 0 fully saturated rings. The summed E-state index contributed by atoms with van der Waals surface area (Å²) in [6, 6.07) is 8.40. The summed E-state index contributed by atoms with van der Waals surface area (Å²) in [6.07, 6.45) is 6.39. The van der Waals surface area contributed by atoms with Gasteiger partial charge in [0.1, 0.15) is 5.82 Å². The SMILES string of the molecule is C=CCCCn1c(CCC)nc2ccccc21. The van der Waals surface area contributed by atoms with E-state index in [-0.39, 0.29) is 0 Å². The summed E-state index contributed by atoms with van der Waals surface area (Å²) in [6.45, 7) is 7.02. The zero-order valence-corrected chi connectivity index (χ0v) is 10.5. The highest BCUT2D eigenvalue weighted by molar-refractivity contribution is 5.75. The molecule has 0 saturated carbocycles. The Kier molecular flexibility index (Phi) is 3.97. The van der Waals surface area contributed by atoms with Crippen LogP contribution >= 0.6 is 0 Å². The molecule has 2 heteroatoms. The Bertz CT molecular complexity index is 497. The van der Waals surface area contributed by atoms with Crippen LogP contribution in [0.15, 0.2) is 36.9 Å². The third kappa shape index (κ3) is 2.57. The van der Waals surface area contributed by atoms with Crippen molar-refractivity contribution in [2.45, 2.75) is 39.2 Å². The second kappa shape index (κ2) is 5.67. The van der Waals surface area contributed by atoms with Crippen LogP contribution in [0.2, 0.25) is 0 Å². The summed E-state index contributed by atoms with van der Waals surface area (Å²) < 4.78 is 2.36. The largest absolute Gasteiger partial charge is 0.328 e. The summed E-state index contributed by atoms with van der Waals surface area (Å²) in [5, 5.41) is 0. The first kappa shape index (κ1) is 11.9. The first-order valence-electron chi connectivity index (χ1n) is 6.42. The number of hydrogen-bond acceptors (Lipinski definition) is 1. The second-order valence-electron chi connectivity index (χ2n) is 4.35. The highest BCUT2D eigenvalue weighted by Crippen LogP contribution is 2.18. The number of imidazole rings is 1. The predicted molar refractivity (Wildman–Crippen MR) is 73.2 cm³/mol. The number of aromatic nitrogens is 2. The Morgan fingerprint density at radius 3 is 2.94 bits per heavy atom. The number of benzene rings is 1. The van der Waals surface area contributed by atoms with Gasteiger partial charge in [-0.15, -0.1) is 6.58 Å². The number of rotatable bonds is 6. The van der Waals surface area contributed by atoms with Crippen molar-refractivity contribution >= 4 is 11.0 Å². The maximum Gasteiger partial charge on any atom is 0.109 e.